The van der Waals surface area contributed by atoms with Crippen LogP contribution in [0.25, 0.3) is 0 Å². The molecule has 0 radical (unpaired) electrons. The third kappa shape index (κ3) is 4.75. The number of anilines is 1. The Morgan fingerprint density at radius 2 is 2.18 bits per heavy atom. The molecule has 0 saturated heterocycles. The summed E-state index contributed by atoms with van der Waals surface area (Å²) in [6, 6.07) is 5.21. The van der Waals surface area contributed by atoms with E-state index < -0.39 is 0 Å². The highest BCUT2D eigenvalue weighted by Gasteiger charge is 2.09. The van der Waals surface area contributed by atoms with Crippen LogP contribution < -0.4 is 11.1 Å². The first-order valence-corrected chi connectivity index (χ1v) is 6.28. The van der Waals surface area contributed by atoms with Crippen LogP contribution in [0.15, 0.2) is 22.7 Å². The average Bonchev–Trinajstić information content (AvgIpc) is 2.27. The van der Waals surface area contributed by atoms with Gasteiger partial charge in [-0.2, -0.15) is 0 Å². The highest BCUT2D eigenvalue weighted by molar-refractivity contribution is 9.10. The van der Waals surface area contributed by atoms with Crippen molar-refractivity contribution in [1.29, 1.82) is 0 Å². The van der Waals surface area contributed by atoms with Gasteiger partial charge in [0, 0.05) is 16.7 Å². The fourth-order valence-corrected chi connectivity index (χ4v) is 1.84. The molecule has 0 aromatic heterocycles. The van der Waals surface area contributed by atoms with Gasteiger partial charge in [-0.15, -0.1) is 0 Å². The Labute approximate surface area is 110 Å². The summed E-state index contributed by atoms with van der Waals surface area (Å²) in [5, 5.41) is 2.87. The van der Waals surface area contributed by atoms with Gasteiger partial charge in [-0.25, -0.2) is 0 Å². The van der Waals surface area contributed by atoms with Gasteiger partial charge >= 0.3 is 0 Å². The molecule has 0 unspecified atom stereocenters. The normalized spacial score (nSPS) is 10.6. The first kappa shape index (κ1) is 14.0. The van der Waals surface area contributed by atoms with Crippen molar-refractivity contribution in [3.8, 4) is 0 Å². The predicted octanol–water partition coefficient (Wildman–Crippen LogP) is 1.71. The van der Waals surface area contributed by atoms with Crippen LogP contribution in [0, 0.1) is 0 Å². The second-order valence-electron chi connectivity index (χ2n) is 4.15. The lowest BCUT2D eigenvalue weighted by Gasteiger charge is -2.10. The molecule has 17 heavy (non-hydrogen) atoms. The molecule has 1 aromatic rings. The minimum Gasteiger partial charge on any atom is -0.399 e. The second-order valence-corrected chi connectivity index (χ2v) is 5.01. The van der Waals surface area contributed by atoms with Crippen LogP contribution in [0.3, 0.4) is 0 Å². The Bertz CT molecular complexity index is 393. The Hall–Kier alpha value is -1.07. The molecular formula is C12H18BrN3O. The van der Waals surface area contributed by atoms with E-state index in [2.05, 4.69) is 26.1 Å². The largest absolute Gasteiger partial charge is 0.399 e. The van der Waals surface area contributed by atoms with Crippen molar-refractivity contribution in [1.82, 2.24) is 10.2 Å². The maximum Gasteiger partial charge on any atom is 0.252 e. The lowest BCUT2D eigenvalue weighted by Crippen LogP contribution is -2.27. The summed E-state index contributed by atoms with van der Waals surface area (Å²) in [7, 11) is 4.02. The molecule has 0 aliphatic heterocycles. The van der Waals surface area contributed by atoms with Crippen LogP contribution in [-0.4, -0.2) is 38.0 Å². The van der Waals surface area contributed by atoms with Crippen molar-refractivity contribution < 1.29 is 4.79 Å². The molecule has 0 heterocycles. The smallest absolute Gasteiger partial charge is 0.252 e. The molecule has 0 saturated carbocycles. The number of nitrogens with one attached hydrogen (secondary N) is 1. The molecule has 0 fully saturated rings. The highest BCUT2D eigenvalue weighted by Crippen LogP contribution is 2.19. The van der Waals surface area contributed by atoms with Crippen molar-refractivity contribution >= 4 is 27.5 Å². The summed E-state index contributed by atoms with van der Waals surface area (Å²) < 4.78 is 0.761. The number of amides is 1. The molecule has 94 valence electrons. The summed E-state index contributed by atoms with van der Waals surface area (Å²) in [5.41, 5.74) is 6.82. The third-order valence-electron chi connectivity index (χ3n) is 2.30. The number of rotatable bonds is 5. The molecule has 0 aliphatic rings. The van der Waals surface area contributed by atoms with E-state index >= 15 is 0 Å². The van der Waals surface area contributed by atoms with Crippen LogP contribution in [-0.2, 0) is 0 Å². The Kier molecular flexibility index (Phi) is 5.44. The number of hydrogen-bond acceptors (Lipinski definition) is 3. The molecule has 4 nitrogen and oxygen atoms in total. The molecule has 0 bridgehead atoms. The van der Waals surface area contributed by atoms with Gasteiger partial charge in [-0.1, -0.05) is 0 Å². The van der Waals surface area contributed by atoms with Crippen molar-refractivity contribution in [2.75, 3.05) is 32.9 Å². The zero-order valence-electron chi connectivity index (χ0n) is 10.2. The Balaban J connectivity index is 2.49. The van der Waals surface area contributed by atoms with E-state index in [1.165, 1.54) is 0 Å². The molecule has 0 aliphatic carbocycles. The summed E-state index contributed by atoms with van der Waals surface area (Å²) in [6.45, 7) is 1.62. The summed E-state index contributed by atoms with van der Waals surface area (Å²) in [4.78, 5) is 13.9. The molecule has 3 N–H and O–H groups in total. The molecule has 1 amide bonds. The number of halogens is 1. The number of carbonyl (C=O) groups is 1. The van der Waals surface area contributed by atoms with Gasteiger partial charge < -0.3 is 16.0 Å². The van der Waals surface area contributed by atoms with Gasteiger partial charge in [0.2, 0.25) is 0 Å². The van der Waals surface area contributed by atoms with Gasteiger partial charge in [0.1, 0.15) is 0 Å². The first-order chi connectivity index (χ1) is 8.00. The molecule has 1 aromatic carbocycles. The number of nitrogens with two attached hydrogens (primary N) is 1. The van der Waals surface area contributed by atoms with Gasteiger partial charge in [-0.3, -0.25) is 4.79 Å². The average molecular weight is 300 g/mol. The van der Waals surface area contributed by atoms with E-state index in [1.807, 2.05) is 14.1 Å². The maximum atomic E-state index is 11.9. The van der Waals surface area contributed by atoms with Crippen LogP contribution in [0.4, 0.5) is 5.69 Å². The summed E-state index contributed by atoms with van der Waals surface area (Å²) in [5.74, 6) is -0.0945. The van der Waals surface area contributed by atoms with Crippen LogP contribution in [0.2, 0.25) is 0 Å². The van der Waals surface area contributed by atoms with Crippen molar-refractivity contribution in [3.63, 3.8) is 0 Å². The van der Waals surface area contributed by atoms with Gasteiger partial charge in [0.25, 0.3) is 5.91 Å². The minimum absolute atomic E-state index is 0.0945. The second kappa shape index (κ2) is 6.61. The Morgan fingerprint density at radius 3 is 2.82 bits per heavy atom. The fraction of sp³-hybridized carbons (Fsp3) is 0.417. The molecular weight excluding hydrogens is 282 g/mol. The highest BCUT2D eigenvalue weighted by atomic mass is 79.9. The number of benzene rings is 1. The van der Waals surface area contributed by atoms with Crippen LogP contribution >= 0.6 is 15.9 Å². The van der Waals surface area contributed by atoms with E-state index in [0.717, 1.165) is 17.4 Å². The number of carbonyl (C=O) groups excluding carboxylic acids is 1. The zero-order chi connectivity index (χ0) is 12.8. The molecule has 1 rings (SSSR count). The monoisotopic (exact) mass is 299 g/mol. The molecule has 0 spiro atoms. The van der Waals surface area contributed by atoms with Gasteiger partial charge in [0.15, 0.2) is 0 Å². The van der Waals surface area contributed by atoms with Gasteiger partial charge in [-0.05, 0) is 61.2 Å². The van der Waals surface area contributed by atoms with E-state index in [0.29, 0.717) is 17.8 Å². The van der Waals surface area contributed by atoms with E-state index in [4.69, 9.17) is 5.73 Å². The first-order valence-electron chi connectivity index (χ1n) is 5.48. The standard InChI is InChI=1S/C12H18BrN3O/c1-16(2)7-3-6-15-12(17)10-8-9(14)4-5-11(10)13/h4-5,8H,3,6-7,14H2,1-2H3,(H,15,17). The van der Waals surface area contributed by atoms with E-state index in [9.17, 15) is 4.79 Å². The quantitative estimate of drug-likeness (QED) is 0.643. The van der Waals surface area contributed by atoms with Crippen molar-refractivity contribution in [2.45, 2.75) is 6.42 Å². The Morgan fingerprint density at radius 1 is 1.47 bits per heavy atom. The van der Waals surface area contributed by atoms with Crippen LogP contribution in [0.1, 0.15) is 16.8 Å². The van der Waals surface area contributed by atoms with Gasteiger partial charge in [0.05, 0.1) is 5.56 Å². The number of nitrogens with zero attached hydrogens (tertiary/aromatic N) is 1. The summed E-state index contributed by atoms with van der Waals surface area (Å²) >= 11 is 3.34. The third-order valence-corrected chi connectivity index (χ3v) is 2.99. The predicted molar refractivity (Wildman–Crippen MR) is 74.1 cm³/mol. The summed E-state index contributed by atoms with van der Waals surface area (Å²) in [6.07, 6.45) is 0.929. The lowest BCUT2D eigenvalue weighted by atomic mass is 10.2. The minimum atomic E-state index is -0.0945. The maximum absolute atomic E-state index is 11.9. The molecule has 0 atom stereocenters. The SMILES string of the molecule is CN(C)CCCNC(=O)c1cc(N)ccc1Br. The van der Waals surface area contributed by atoms with E-state index in [1.54, 1.807) is 18.2 Å². The van der Waals surface area contributed by atoms with E-state index in [-0.39, 0.29) is 5.91 Å². The number of hydrogen-bond donors (Lipinski definition) is 2. The molecule has 5 heteroatoms. The zero-order valence-corrected chi connectivity index (χ0v) is 11.8. The number of nitrogen functional groups attached to an aromatic ring is 1. The van der Waals surface area contributed by atoms with Crippen molar-refractivity contribution in [2.24, 2.45) is 0 Å². The van der Waals surface area contributed by atoms with Crippen LogP contribution in [0.5, 0.6) is 0 Å². The lowest BCUT2D eigenvalue weighted by molar-refractivity contribution is 0.0951. The van der Waals surface area contributed by atoms with Crippen molar-refractivity contribution in [3.05, 3.63) is 28.2 Å². The topological polar surface area (TPSA) is 58.4 Å². The fourth-order valence-electron chi connectivity index (χ4n) is 1.41.